The minimum absolute atomic E-state index is 0.151. The maximum Gasteiger partial charge on any atom is 0.319 e. The summed E-state index contributed by atoms with van der Waals surface area (Å²) in [7, 11) is 0. The molecule has 0 unspecified atom stereocenters. The highest BCUT2D eigenvalue weighted by Crippen LogP contribution is 2.24. The highest BCUT2D eigenvalue weighted by atomic mass is 19.1. The number of amides is 2. The van der Waals surface area contributed by atoms with Crippen molar-refractivity contribution in [3.8, 4) is 0 Å². The number of nitrogens with one attached hydrogen (secondary N) is 2. The lowest BCUT2D eigenvalue weighted by Gasteiger charge is -2.28. The molecule has 1 aliphatic rings. The number of aryl methyl sites for hydroxylation is 1. The fraction of sp³-hybridized carbons (Fsp3) is 0.533. The molecule has 2 rings (SSSR count). The molecule has 1 aromatic rings. The second-order valence-corrected chi connectivity index (χ2v) is 5.46. The fourth-order valence-corrected chi connectivity index (χ4v) is 2.60. The van der Waals surface area contributed by atoms with Crippen molar-refractivity contribution in [2.24, 2.45) is 5.92 Å². The molecule has 2 amide bonds. The van der Waals surface area contributed by atoms with Crippen LogP contribution in [0.25, 0.3) is 0 Å². The summed E-state index contributed by atoms with van der Waals surface area (Å²) in [6.45, 7) is 1.98. The molecule has 4 nitrogen and oxygen atoms in total. The quantitative estimate of drug-likeness (QED) is 0.797. The van der Waals surface area contributed by atoms with Crippen molar-refractivity contribution >= 4 is 11.7 Å². The number of benzene rings is 1. The van der Waals surface area contributed by atoms with E-state index in [9.17, 15) is 9.18 Å². The van der Waals surface area contributed by atoms with Gasteiger partial charge in [-0.25, -0.2) is 9.18 Å². The predicted octanol–water partition coefficient (Wildman–Crippen LogP) is 2.81. The van der Waals surface area contributed by atoms with E-state index in [1.54, 1.807) is 13.0 Å². The number of aliphatic hydroxyl groups excluding tert-OH is 1. The van der Waals surface area contributed by atoms with Crippen LogP contribution in [0.2, 0.25) is 0 Å². The van der Waals surface area contributed by atoms with Crippen molar-refractivity contribution in [3.05, 3.63) is 29.6 Å². The van der Waals surface area contributed by atoms with Gasteiger partial charge < -0.3 is 15.7 Å². The summed E-state index contributed by atoms with van der Waals surface area (Å²) in [6, 6.07) is 4.18. The number of rotatable bonds is 3. The average molecular weight is 280 g/mol. The number of hydrogen-bond donors (Lipinski definition) is 3. The zero-order valence-corrected chi connectivity index (χ0v) is 11.7. The van der Waals surface area contributed by atoms with Crippen molar-refractivity contribution in [3.63, 3.8) is 0 Å². The van der Waals surface area contributed by atoms with E-state index in [0.717, 1.165) is 25.7 Å². The third kappa shape index (κ3) is 3.93. The van der Waals surface area contributed by atoms with Crippen LogP contribution in [0.15, 0.2) is 18.2 Å². The zero-order chi connectivity index (χ0) is 14.5. The van der Waals surface area contributed by atoms with E-state index >= 15 is 0 Å². The lowest BCUT2D eigenvalue weighted by Crippen LogP contribution is -2.40. The molecular weight excluding hydrogens is 259 g/mol. The van der Waals surface area contributed by atoms with Gasteiger partial charge >= 0.3 is 6.03 Å². The van der Waals surface area contributed by atoms with E-state index in [1.807, 2.05) is 0 Å². The summed E-state index contributed by atoms with van der Waals surface area (Å²) in [5.41, 5.74) is 1.32. The normalized spacial score (nSPS) is 22.4. The van der Waals surface area contributed by atoms with Gasteiger partial charge in [0.15, 0.2) is 0 Å². The summed E-state index contributed by atoms with van der Waals surface area (Å²) in [5.74, 6) is 0.0613. The van der Waals surface area contributed by atoms with Crippen LogP contribution in [0, 0.1) is 18.7 Å². The van der Waals surface area contributed by atoms with Crippen molar-refractivity contribution < 1.29 is 14.3 Å². The van der Waals surface area contributed by atoms with Crippen LogP contribution < -0.4 is 10.6 Å². The number of anilines is 1. The van der Waals surface area contributed by atoms with E-state index in [4.69, 9.17) is 5.11 Å². The van der Waals surface area contributed by atoms with Gasteiger partial charge in [0.25, 0.3) is 0 Å². The molecule has 0 heterocycles. The smallest absolute Gasteiger partial charge is 0.319 e. The van der Waals surface area contributed by atoms with Gasteiger partial charge in [-0.1, -0.05) is 0 Å². The van der Waals surface area contributed by atoms with Crippen molar-refractivity contribution in [1.82, 2.24) is 5.32 Å². The molecule has 20 heavy (non-hydrogen) atoms. The number of carbonyl (C=O) groups excluding carboxylic acids is 1. The second kappa shape index (κ2) is 6.70. The molecule has 0 atom stereocenters. The highest BCUT2D eigenvalue weighted by molar-refractivity contribution is 5.90. The molecule has 0 bridgehead atoms. The number of halogens is 1. The van der Waals surface area contributed by atoms with Crippen LogP contribution in [0.3, 0.4) is 0 Å². The molecule has 1 aliphatic carbocycles. The van der Waals surface area contributed by atoms with Gasteiger partial charge in [-0.15, -0.1) is 0 Å². The Morgan fingerprint density at radius 1 is 1.35 bits per heavy atom. The molecule has 0 radical (unpaired) electrons. The first-order chi connectivity index (χ1) is 9.58. The first-order valence-electron chi connectivity index (χ1n) is 7.03. The van der Waals surface area contributed by atoms with Crippen LogP contribution in [0.5, 0.6) is 0 Å². The molecular formula is C15H21FN2O2. The molecule has 110 valence electrons. The summed E-state index contributed by atoms with van der Waals surface area (Å²) in [6.07, 6.45) is 3.66. The Labute approximate surface area is 118 Å². The van der Waals surface area contributed by atoms with Crippen LogP contribution in [-0.4, -0.2) is 23.8 Å². The average Bonchev–Trinajstić information content (AvgIpc) is 2.43. The second-order valence-electron chi connectivity index (χ2n) is 5.46. The van der Waals surface area contributed by atoms with Crippen LogP contribution in [0.1, 0.15) is 31.2 Å². The Kier molecular flexibility index (Phi) is 4.95. The van der Waals surface area contributed by atoms with Crippen LogP contribution >= 0.6 is 0 Å². The van der Waals surface area contributed by atoms with Gasteiger partial charge in [0.1, 0.15) is 5.82 Å². The standard InChI is InChI=1S/C15H21FN2O2/c1-10-8-12(16)4-7-14(10)18-15(20)17-13-5-2-11(9-19)3-6-13/h4,7-8,11,13,19H,2-3,5-6,9H2,1H3,(H2,17,18,20). The van der Waals surface area contributed by atoms with Crippen molar-refractivity contribution in [1.29, 1.82) is 0 Å². The fourth-order valence-electron chi connectivity index (χ4n) is 2.60. The highest BCUT2D eigenvalue weighted by Gasteiger charge is 2.21. The van der Waals surface area contributed by atoms with Gasteiger partial charge in [-0.05, 0) is 62.3 Å². The molecule has 1 fully saturated rings. The number of urea groups is 1. The molecule has 0 aromatic heterocycles. The molecule has 1 aromatic carbocycles. The summed E-state index contributed by atoms with van der Waals surface area (Å²) >= 11 is 0. The van der Waals surface area contributed by atoms with Gasteiger partial charge in [0.05, 0.1) is 0 Å². The predicted molar refractivity (Wildman–Crippen MR) is 76.1 cm³/mol. The first kappa shape index (κ1) is 14.8. The van der Waals surface area contributed by atoms with E-state index < -0.39 is 0 Å². The molecule has 0 aliphatic heterocycles. The van der Waals surface area contributed by atoms with Gasteiger partial charge in [0, 0.05) is 18.3 Å². The van der Waals surface area contributed by atoms with E-state index in [1.165, 1.54) is 12.1 Å². The molecule has 0 spiro atoms. The van der Waals surface area contributed by atoms with Crippen molar-refractivity contribution in [2.75, 3.05) is 11.9 Å². The maximum atomic E-state index is 13.0. The van der Waals surface area contributed by atoms with E-state index in [-0.39, 0.29) is 24.5 Å². The Bertz CT molecular complexity index is 471. The summed E-state index contributed by atoms with van der Waals surface area (Å²) in [5, 5.41) is 14.7. The van der Waals surface area contributed by atoms with Crippen LogP contribution in [0.4, 0.5) is 14.9 Å². The van der Waals surface area contributed by atoms with E-state index in [0.29, 0.717) is 17.2 Å². The Balaban J connectivity index is 1.84. The first-order valence-corrected chi connectivity index (χ1v) is 7.03. The Morgan fingerprint density at radius 3 is 2.65 bits per heavy atom. The minimum Gasteiger partial charge on any atom is -0.396 e. The Hall–Kier alpha value is -1.62. The van der Waals surface area contributed by atoms with Gasteiger partial charge in [-0.3, -0.25) is 0 Å². The van der Waals surface area contributed by atoms with Gasteiger partial charge in [0.2, 0.25) is 0 Å². The summed E-state index contributed by atoms with van der Waals surface area (Å²) < 4.78 is 13.0. The lowest BCUT2D eigenvalue weighted by molar-refractivity contribution is 0.176. The zero-order valence-electron chi connectivity index (χ0n) is 11.7. The third-order valence-electron chi connectivity index (χ3n) is 3.88. The molecule has 0 saturated heterocycles. The maximum absolute atomic E-state index is 13.0. The Morgan fingerprint density at radius 2 is 2.05 bits per heavy atom. The van der Waals surface area contributed by atoms with Crippen LogP contribution in [-0.2, 0) is 0 Å². The van der Waals surface area contributed by atoms with Crippen molar-refractivity contribution in [2.45, 2.75) is 38.6 Å². The summed E-state index contributed by atoms with van der Waals surface area (Å²) in [4.78, 5) is 11.9. The number of hydrogen-bond acceptors (Lipinski definition) is 2. The SMILES string of the molecule is Cc1cc(F)ccc1NC(=O)NC1CCC(CO)CC1. The van der Waals surface area contributed by atoms with Gasteiger partial charge in [-0.2, -0.15) is 0 Å². The largest absolute Gasteiger partial charge is 0.396 e. The monoisotopic (exact) mass is 280 g/mol. The molecule has 1 saturated carbocycles. The number of aliphatic hydroxyl groups is 1. The lowest BCUT2D eigenvalue weighted by atomic mass is 9.87. The molecule has 3 N–H and O–H groups in total. The topological polar surface area (TPSA) is 61.4 Å². The van der Waals surface area contributed by atoms with E-state index in [2.05, 4.69) is 10.6 Å². The number of carbonyl (C=O) groups is 1. The third-order valence-corrected chi connectivity index (χ3v) is 3.88. The molecule has 5 heteroatoms. The minimum atomic E-state index is -0.309.